The summed E-state index contributed by atoms with van der Waals surface area (Å²) in [4.78, 5) is 0. The highest BCUT2D eigenvalue weighted by atomic mass is 127. The standard InChI is InChI=1S/C13H12Cl2INS/c1-17-12(9-6-13(16)18-7-9)5-8-2-3-10(14)11(15)4-8/h2-4,6-7,12,17H,5H2,1H3. The van der Waals surface area contributed by atoms with Crippen LogP contribution in [0.15, 0.2) is 29.6 Å². The highest BCUT2D eigenvalue weighted by molar-refractivity contribution is 14.1. The first kappa shape index (κ1) is 14.6. The molecule has 0 radical (unpaired) electrons. The Morgan fingerprint density at radius 2 is 2.06 bits per heavy atom. The van der Waals surface area contributed by atoms with Gasteiger partial charge in [0.05, 0.1) is 12.9 Å². The summed E-state index contributed by atoms with van der Waals surface area (Å²) in [6.45, 7) is 0. The minimum absolute atomic E-state index is 0.307. The molecule has 2 rings (SSSR count). The van der Waals surface area contributed by atoms with Crippen molar-refractivity contribution in [2.45, 2.75) is 12.5 Å². The van der Waals surface area contributed by atoms with Gasteiger partial charge >= 0.3 is 0 Å². The first-order chi connectivity index (χ1) is 8.60. The Hall–Kier alpha value is 0.190. The van der Waals surface area contributed by atoms with E-state index in [1.54, 1.807) is 11.3 Å². The van der Waals surface area contributed by atoms with Gasteiger partial charge in [0.1, 0.15) is 0 Å². The molecule has 1 nitrogen and oxygen atoms in total. The zero-order valence-corrected chi connectivity index (χ0v) is 14.2. The summed E-state index contributed by atoms with van der Waals surface area (Å²) in [6.07, 6.45) is 0.903. The molecule has 0 aliphatic rings. The number of hydrogen-bond donors (Lipinski definition) is 1. The van der Waals surface area contributed by atoms with Crippen molar-refractivity contribution in [3.63, 3.8) is 0 Å². The monoisotopic (exact) mass is 411 g/mol. The maximum Gasteiger partial charge on any atom is 0.0656 e. The van der Waals surface area contributed by atoms with E-state index in [2.05, 4.69) is 39.4 Å². The Kier molecular flexibility index (Phi) is 5.33. The normalized spacial score (nSPS) is 12.7. The van der Waals surface area contributed by atoms with Crippen molar-refractivity contribution < 1.29 is 0 Å². The number of halogens is 3. The summed E-state index contributed by atoms with van der Waals surface area (Å²) in [5.41, 5.74) is 2.50. The van der Waals surface area contributed by atoms with Gasteiger partial charge in [-0.3, -0.25) is 0 Å². The van der Waals surface area contributed by atoms with E-state index in [0.29, 0.717) is 16.1 Å². The predicted molar refractivity (Wildman–Crippen MR) is 89.0 cm³/mol. The van der Waals surface area contributed by atoms with Gasteiger partial charge in [0.25, 0.3) is 0 Å². The Bertz CT molecular complexity index is 542. The van der Waals surface area contributed by atoms with E-state index in [9.17, 15) is 0 Å². The molecule has 0 aliphatic carbocycles. The first-order valence-corrected chi connectivity index (χ1v) is 8.16. The van der Waals surface area contributed by atoms with Crippen molar-refractivity contribution in [1.82, 2.24) is 5.32 Å². The summed E-state index contributed by atoms with van der Waals surface area (Å²) in [6, 6.07) is 8.33. The summed E-state index contributed by atoms with van der Waals surface area (Å²) >= 11 is 16.1. The summed E-state index contributed by atoms with van der Waals surface area (Å²) < 4.78 is 1.30. The maximum absolute atomic E-state index is 6.04. The van der Waals surface area contributed by atoms with Crippen molar-refractivity contribution in [1.29, 1.82) is 0 Å². The second kappa shape index (κ2) is 6.57. The van der Waals surface area contributed by atoms with E-state index in [-0.39, 0.29) is 0 Å². The van der Waals surface area contributed by atoms with Crippen molar-refractivity contribution in [2.24, 2.45) is 0 Å². The molecule has 0 aliphatic heterocycles. The molecule has 1 unspecified atom stereocenters. The molecular formula is C13H12Cl2INS. The van der Waals surface area contributed by atoms with Crippen LogP contribution in [0.3, 0.4) is 0 Å². The maximum atomic E-state index is 6.04. The van der Waals surface area contributed by atoms with Crippen molar-refractivity contribution >= 4 is 57.1 Å². The largest absolute Gasteiger partial charge is 0.313 e. The van der Waals surface area contributed by atoms with E-state index < -0.39 is 0 Å². The van der Waals surface area contributed by atoms with Gasteiger partial charge in [0.15, 0.2) is 0 Å². The molecule has 1 aromatic carbocycles. The van der Waals surface area contributed by atoms with Crippen LogP contribution in [0, 0.1) is 2.88 Å². The van der Waals surface area contributed by atoms with Crippen LogP contribution in [-0.4, -0.2) is 7.05 Å². The van der Waals surface area contributed by atoms with Gasteiger partial charge < -0.3 is 5.32 Å². The zero-order chi connectivity index (χ0) is 13.1. The number of hydrogen-bond acceptors (Lipinski definition) is 2. The number of rotatable bonds is 4. The number of likely N-dealkylation sites (N-methyl/N-ethyl adjacent to an activating group) is 1. The van der Waals surface area contributed by atoms with Crippen molar-refractivity contribution in [3.8, 4) is 0 Å². The van der Waals surface area contributed by atoms with Gasteiger partial charge in [-0.2, -0.15) is 0 Å². The number of nitrogens with one attached hydrogen (secondary N) is 1. The third-order valence-corrected chi connectivity index (χ3v) is 5.31. The van der Waals surface area contributed by atoms with Gasteiger partial charge in [0, 0.05) is 6.04 Å². The fraction of sp³-hybridized carbons (Fsp3) is 0.231. The molecule has 0 spiro atoms. The molecule has 5 heteroatoms. The SMILES string of the molecule is CNC(Cc1ccc(Cl)c(Cl)c1)c1csc(I)c1. The lowest BCUT2D eigenvalue weighted by Gasteiger charge is -2.15. The van der Waals surface area contributed by atoms with Crippen LogP contribution in [0.1, 0.15) is 17.2 Å². The van der Waals surface area contributed by atoms with Crippen LogP contribution in [-0.2, 0) is 6.42 Å². The molecule has 1 N–H and O–H groups in total. The van der Waals surface area contributed by atoms with Gasteiger partial charge in [-0.1, -0.05) is 29.3 Å². The average molecular weight is 412 g/mol. The van der Waals surface area contributed by atoms with E-state index in [4.69, 9.17) is 23.2 Å². The van der Waals surface area contributed by atoms with Crippen LogP contribution in [0.25, 0.3) is 0 Å². The number of thiophene rings is 1. The molecule has 1 heterocycles. The molecule has 0 saturated heterocycles. The molecule has 0 fully saturated rings. The van der Waals surface area contributed by atoms with Crippen molar-refractivity contribution in [2.75, 3.05) is 7.05 Å². The molecule has 1 atom stereocenters. The van der Waals surface area contributed by atoms with Gasteiger partial charge in [-0.25, -0.2) is 0 Å². The topological polar surface area (TPSA) is 12.0 Å². The van der Waals surface area contributed by atoms with Gasteiger partial charge in [-0.05, 0) is 70.8 Å². The van der Waals surface area contributed by atoms with Gasteiger partial charge in [-0.15, -0.1) is 11.3 Å². The summed E-state index contributed by atoms with van der Waals surface area (Å²) in [5, 5.41) is 6.75. The van der Waals surface area contributed by atoms with Crippen LogP contribution in [0.5, 0.6) is 0 Å². The molecule has 0 amide bonds. The highest BCUT2D eigenvalue weighted by Crippen LogP contribution is 2.27. The molecule has 0 saturated carbocycles. The molecule has 2 aromatic rings. The van der Waals surface area contributed by atoms with E-state index in [1.807, 2.05) is 25.2 Å². The third-order valence-electron chi connectivity index (χ3n) is 2.76. The number of benzene rings is 1. The fourth-order valence-corrected chi connectivity index (χ4v) is 3.54. The summed E-state index contributed by atoms with van der Waals surface area (Å²) in [5.74, 6) is 0. The average Bonchev–Trinajstić information content (AvgIpc) is 2.77. The third kappa shape index (κ3) is 3.61. The van der Waals surface area contributed by atoms with Gasteiger partial charge in [0.2, 0.25) is 0 Å². The smallest absolute Gasteiger partial charge is 0.0656 e. The molecule has 0 bridgehead atoms. The van der Waals surface area contributed by atoms with Crippen LogP contribution in [0.2, 0.25) is 10.0 Å². The predicted octanol–water partition coefficient (Wildman–Crippen LogP) is 5.16. The minimum atomic E-state index is 0.307. The fourth-order valence-electron chi connectivity index (χ4n) is 1.80. The summed E-state index contributed by atoms with van der Waals surface area (Å²) in [7, 11) is 1.98. The Labute approximate surface area is 135 Å². The van der Waals surface area contributed by atoms with Crippen LogP contribution >= 0.6 is 57.1 Å². The molecule has 96 valence electrons. The van der Waals surface area contributed by atoms with Crippen LogP contribution in [0.4, 0.5) is 0 Å². The van der Waals surface area contributed by atoms with E-state index >= 15 is 0 Å². The highest BCUT2D eigenvalue weighted by Gasteiger charge is 2.12. The lowest BCUT2D eigenvalue weighted by atomic mass is 10.0. The lowest BCUT2D eigenvalue weighted by Crippen LogP contribution is -2.18. The zero-order valence-electron chi connectivity index (χ0n) is 9.71. The molecular weight excluding hydrogens is 400 g/mol. The second-order valence-corrected chi connectivity index (χ2v) is 7.60. The van der Waals surface area contributed by atoms with E-state index in [1.165, 1.54) is 14.0 Å². The second-order valence-electron chi connectivity index (χ2n) is 3.98. The minimum Gasteiger partial charge on any atom is -0.313 e. The van der Waals surface area contributed by atoms with Crippen molar-refractivity contribution in [3.05, 3.63) is 53.7 Å². The van der Waals surface area contributed by atoms with Crippen LogP contribution < -0.4 is 5.32 Å². The Morgan fingerprint density at radius 1 is 1.28 bits per heavy atom. The molecule has 18 heavy (non-hydrogen) atoms. The van der Waals surface area contributed by atoms with E-state index in [0.717, 1.165) is 6.42 Å². The quantitative estimate of drug-likeness (QED) is 0.685. The first-order valence-electron chi connectivity index (χ1n) is 5.45. The Balaban J connectivity index is 2.17. The Morgan fingerprint density at radius 3 is 2.61 bits per heavy atom. The molecule has 1 aromatic heterocycles. The lowest BCUT2D eigenvalue weighted by molar-refractivity contribution is 0.594.